The Hall–Kier alpha value is -2.75. The van der Waals surface area contributed by atoms with Crippen molar-refractivity contribution in [1.82, 2.24) is 20.2 Å². The number of carbonyl (C=O) groups is 2. The van der Waals surface area contributed by atoms with Gasteiger partial charge in [0.2, 0.25) is 0 Å². The van der Waals surface area contributed by atoms with Crippen LogP contribution in [0, 0.1) is 0 Å². The van der Waals surface area contributed by atoms with E-state index in [1.54, 1.807) is 6.20 Å². The number of ether oxygens (including phenoxy) is 3. The highest BCUT2D eigenvalue weighted by atomic mass is 16.6. The number of nitrogens with zero attached hydrogens (tertiary/aromatic N) is 2. The Bertz CT molecular complexity index is 962. The van der Waals surface area contributed by atoms with E-state index < -0.39 is 17.5 Å². The van der Waals surface area contributed by atoms with Gasteiger partial charge in [0.05, 0.1) is 25.9 Å². The van der Waals surface area contributed by atoms with E-state index in [0.717, 1.165) is 18.7 Å². The molecule has 0 amide bonds. The lowest BCUT2D eigenvalue weighted by Crippen LogP contribution is -2.42. The van der Waals surface area contributed by atoms with Crippen molar-refractivity contribution in [3.05, 3.63) is 52.6 Å². The van der Waals surface area contributed by atoms with Crippen molar-refractivity contribution >= 4 is 11.9 Å². The van der Waals surface area contributed by atoms with Crippen molar-refractivity contribution < 1.29 is 23.8 Å². The van der Waals surface area contributed by atoms with Gasteiger partial charge in [-0.05, 0) is 44.4 Å². The van der Waals surface area contributed by atoms with Gasteiger partial charge in [0, 0.05) is 50.3 Å². The number of morpholine rings is 1. The molecule has 1 saturated heterocycles. The fourth-order valence-corrected chi connectivity index (χ4v) is 4.19. The second-order valence-corrected chi connectivity index (χ2v) is 9.26. The SMILES string of the molecule is CCc1c(C(=O)OC(C)(C)C)[nH]c(CNCC(c2cccnc2)N2CCOCC2)c1C(=O)OC. The summed E-state index contributed by atoms with van der Waals surface area (Å²) in [6.45, 7) is 11.4. The monoisotopic (exact) mass is 472 g/mol. The van der Waals surface area contributed by atoms with Crippen molar-refractivity contribution in [3.63, 3.8) is 0 Å². The van der Waals surface area contributed by atoms with Crippen LogP contribution in [-0.2, 0) is 27.2 Å². The number of methoxy groups -OCH3 is 1. The Balaban J connectivity index is 1.82. The molecule has 1 atom stereocenters. The molecule has 2 N–H and O–H groups in total. The number of esters is 2. The maximum absolute atomic E-state index is 12.8. The predicted octanol–water partition coefficient (Wildman–Crippen LogP) is 2.88. The van der Waals surface area contributed by atoms with Crippen LogP contribution in [0.5, 0.6) is 0 Å². The number of aromatic amines is 1. The van der Waals surface area contributed by atoms with Crippen LogP contribution in [-0.4, -0.2) is 72.4 Å². The van der Waals surface area contributed by atoms with Crippen LogP contribution in [0.4, 0.5) is 0 Å². The third-order valence-corrected chi connectivity index (χ3v) is 5.72. The molecule has 3 rings (SSSR count). The molecule has 34 heavy (non-hydrogen) atoms. The number of carbonyl (C=O) groups excluding carboxylic acids is 2. The number of hydrogen-bond acceptors (Lipinski definition) is 8. The molecule has 0 saturated carbocycles. The lowest BCUT2D eigenvalue weighted by atomic mass is 10.0. The molecule has 0 aliphatic carbocycles. The van der Waals surface area contributed by atoms with Crippen molar-refractivity contribution in [1.29, 1.82) is 0 Å². The summed E-state index contributed by atoms with van der Waals surface area (Å²) >= 11 is 0. The minimum atomic E-state index is -0.647. The molecule has 1 aliphatic rings. The maximum Gasteiger partial charge on any atom is 0.355 e. The molecular weight excluding hydrogens is 436 g/mol. The molecule has 1 fully saturated rings. The molecule has 9 nitrogen and oxygen atoms in total. The van der Waals surface area contributed by atoms with E-state index in [9.17, 15) is 9.59 Å². The summed E-state index contributed by atoms with van der Waals surface area (Å²) in [5, 5.41) is 3.47. The molecule has 2 aromatic heterocycles. The standard InChI is InChI=1S/C25H36N4O5/c1-6-18-21(23(30)32-5)19(28-22(18)24(31)34-25(2,3)4)15-27-16-20(17-8-7-9-26-14-17)29-10-12-33-13-11-29/h7-9,14,20,27-28H,6,10-13,15-16H2,1-5H3. The zero-order valence-electron chi connectivity index (χ0n) is 20.8. The summed E-state index contributed by atoms with van der Waals surface area (Å²) in [7, 11) is 1.34. The lowest BCUT2D eigenvalue weighted by molar-refractivity contribution is 0.00621. The molecule has 0 spiro atoms. The average Bonchev–Trinajstić information content (AvgIpc) is 3.20. The van der Waals surface area contributed by atoms with Gasteiger partial charge >= 0.3 is 11.9 Å². The highest BCUT2D eigenvalue weighted by molar-refractivity contribution is 5.98. The second kappa shape index (κ2) is 11.6. The number of H-pyrrole nitrogens is 1. The normalized spacial score (nSPS) is 15.7. The van der Waals surface area contributed by atoms with Crippen molar-refractivity contribution in [2.24, 2.45) is 0 Å². The van der Waals surface area contributed by atoms with Gasteiger partial charge in [-0.25, -0.2) is 9.59 Å². The highest BCUT2D eigenvalue weighted by Crippen LogP contribution is 2.25. The third kappa shape index (κ3) is 6.43. The molecule has 1 unspecified atom stereocenters. The summed E-state index contributed by atoms with van der Waals surface area (Å²) in [6, 6.07) is 4.10. The average molecular weight is 473 g/mol. The molecule has 3 heterocycles. The Labute approximate surface area is 201 Å². The number of pyridine rings is 1. The Morgan fingerprint density at radius 3 is 2.59 bits per heavy atom. The summed E-state index contributed by atoms with van der Waals surface area (Å²) in [6.07, 6.45) is 4.13. The van der Waals surface area contributed by atoms with E-state index >= 15 is 0 Å². The van der Waals surface area contributed by atoms with E-state index in [1.807, 2.05) is 40.0 Å². The largest absolute Gasteiger partial charge is 0.465 e. The van der Waals surface area contributed by atoms with E-state index in [1.165, 1.54) is 7.11 Å². The predicted molar refractivity (Wildman–Crippen MR) is 128 cm³/mol. The summed E-state index contributed by atoms with van der Waals surface area (Å²) in [5.74, 6) is -0.959. The van der Waals surface area contributed by atoms with E-state index in [0.29, 0.717) is 55.2 Å². The number of nitrogens with one attached hydrogen (secondary N) is 2. The highest BCUT2D eigenvalue weighted by Gasteiger charge is 2.29. The summed E-state index contributed by atoms with van der Waals surface area (Å²) in [5.41, 5.74) is 2.37. The lowest BCUT2D eigenvalue weighted by Gasteiger charge is -2.34. The van der Waals surface area contributed by atoms with Gasteiger partial charge < -0.3 is 24.5 Å². The summed E-state index contributed by atoms with van der Waals surface area (Å²) in [4.78, 5) is 35.3. The Morgan fingerprint density at radius 1 is 1.26 bits per heavy atom. The maximum atomic E-state index is 12.8. The van der Waals surface area contributed by atoms with Crippen LogP contribution < -0.4 is 5.32 Å². The van der Waals surface area contributed by atoms with Gasteiger partial charge in [-0.15, -0.1) is 0 Å². The Morgan fingerprint density at radius 2 is 2.00 bits per heavy atom. The number of rotatable bonds is 9. The number of aromatic nitrogens is 2. The van der Waals surface area contributed by atoms with Crippen LogP contribution in [0.2, 0.25) is 0 Å². The van der Waals surface area contributed by atoms with E-state index in [-0.39, 0.29) is 6.04 Å². The van der Waals surface area contributed by atoms with Crippen LogP contribution in [0.25, 0.3) is 0 Å². The van der Waals surface area contributed by atoms with Gasteiger partial charge in [-0.1, -0.05) is 13.0 Å². The zero-order valence-corrected chi connectivity index (χ0v) is 20.8. The first kappa shape index (κ1) is 25.9. The first-order chi connectivity index (χ1) is 16.2. The molecule has 0 radical (unpaired) electrons. The molecular formula is C25H36N4O5. The molecule has 1 aliphatic heterocycles. The van der Waals surface area contributed by atoms with Gasteiger partial charge in [0.25, 0.3) is 0 Å². The van der Waals surface area contributed by atoms with E-state index in [4.69, 9.17) is 14.2 Å². The first-order valence-electron chi connectivity index (χ1n) is 11.7. The van der Waals surface area contributed by atoms with Crippen LogP contribution >= 0.6 is 0 Å². The minimum absolute atomic E-state index is 0.102. The summed E-state index contributed by atoms with van der Waals surface area (Å²) < 4.78 is 16.1. The molecule has 2 aromatic rings. The van der Waals surface area contributed by atoms with Gasteiger partial charge in [-0.2, -0.15) is 0 Å². The van der Waals surface area contributed by atoms with Gasteiger partial charge in [0.15, 0.2) is 0 Å². The van der Waals surface area contributed by atoms with Crippen LogP contribution in [0.1, 0.15) is 71.4 Å². The quantitative estimate of drug-likeness (QED) is 0.537. The third-order valence-electron chi connectivity index (χ3n) is 5.72. The first-order valence-corrected chi connectivity index (χ1v) is 11.7. The van der Waals surface area contributed by atoms with Crippen LogP contribution in [0.3, 0.4) is 0 Å². The Kier molecular flexibility index (Phi) is 8.82. The van der Waals surface area contributed by atoms with Crippen molar-refractivity contribution in [2.45, 2.75) is 52.3 Å². The number of hydrogen-bond donors (Lipinski definition) is 2. The zero-order chi connectivity index (χ0) is 24.7. The van der Waals surface area contributed by atoms with Crippen molar-refractivity contribution in [3.8, 4) is 0 Å². The van der Waals surface area contributed by atoms with E-state index in [2.05, 4.69) is 26.3 Å². The minimum Gasteiger partial charge on any atom is -0.465 e. The molecule has 9 heteroatoms. The fourth-order valence-electron chi connectivity index (χ4n) is 4.19. The fraction of sp³-hybridized carbons (Fsp3) is 0.560. The molecule has 0 bridgehead atoms. The van der Waals surface area contributed by atoms with Crippen LogP contribution in [0.15, 0.2) is 24.5 Å². The van der Waals surface area contributed by atoms with Crippen molar-refractivity contribution in [2.75, 3.05) is 40.0 Å². The van der Waals surface area contributed by atoms with Gasteiger partial charge in [0.1, 0.15) is 11.3 Å². The topological polar surface area (TPSA) is 106 Å². The van der Waals surface area contributed by atoms with Gasteiger partial charge in [-0.3, -0.25) is 9.88 Å². The molecule has 186 valence electrons. The smallest absolute Gasteiger partial charge is 0.355 e. The molecule has 0 aromatic carbocycles. The second-order valence-electron chi connectivity index (χ2n) is 9.26.